The SMILES string of the molecule is Cc1ccc(-n2nc(C)c3c(CC(=O)O)cc(=O)[nH]c32)nn1. The largest absolute Gasteiger partial charge is 0.481 e. The van der Waals surface area contributed by atoms with Crippen LogP contribution in [0.2, 0.25) is 0 Å². The van der Waals surface area contributed by atoms with Gasteiger partial charge in [0.05, 0.1) is 17.8 Å². The van der Waals surface area contributed by atoms with Crippen molar-refractivity contribution in [2.45, 2.75) is 20.3 Å². The fraction of sp³-hybridized carbons (Fsp3) is 0.214. The first-order valence-electron chi connectivity index (χ1n) is 6.60. The van der Waals surface area contributed by atoms with E-state index in [0.717, 1.165) is 5.69 Å². The van der Waals surface area contributed by atoms with Gasteiger partial charge < -0.3 is 10.1 Å². The maximum atomic E-state index is 11.8. The van der Waals surface area contributed by atoms with Gasteiger partial charge in [-0.15, -0.1) is 5.10 Å². The van der Waals surface area contributed by atoms with Gasteiger partial charge >= 0.3 is 5.97 Å². The van der Waals surface area contributed by atoms with Crippen molar-refractivity contribution >= 4 is 17.0 Å². The molecule has 112 valence electrons. The first-order chi connectivity index (χ1) is 10.5. The van der Waals surface area contributed by atoms with Crippen LogP contribution in [0, 0.1) is 13.8 Å². The highest BCUT2D eigenvalue weighted by Gasteiger charge is 2.17. The maximum Gasteiger partial charge on any atom is 0.307 e. The van der Waals surface area contributed by atoms with E-state index in [4.69, 9.17) is 5.11 Å². The number of H-pyrrole nitrogens is 1. The molecule has 3 aromatic heterocycles. The zero-order chi connectivity index (χ0) is 15.9. The first kappa shape index (κ1) is 13.9. The normalized spacial score (nSPS) is 11.0. The average Bonchev–Trinajstić information content (AvgIpc) is 2.76. The molecule has 0 aromatic carbocycles. The molecule has 0 unspecified atom stereocenters. The molecule has 0 spiro atoms. The topological polar surface area (TPSA) is 114 Å². The third-order valence-electron chi connectivity index (χ3n) is 3.27. The van der Waals surface area contributed by atoms with Crippen molar-refractivity contribution in [1.82, 2.24) is 25.0 Å². The lowest BCUT2D eigenvalue weighted by molar-refractivity contribution is -0.136. The number of hydrogen-bond donors (Lipinski definition) is 2. The molecule has 3 aromatic rings. The van der Waals surface area contributed by atoms with Crippen molar-refractivity contribution < 1.29 is 9.90 Å². The molecule has 3 rings (SSSR count). The molecule has 0 atom stereocenters. The lowest BCUT2D eigenvalue weighted by Gasteiger charge is -2.03. The number of fused-ring (bicyclic) bond motifs is 1. The minimum atomic E-state index is -1.01. The van der Waals surface area contributed by atoms with Gasteiger partial charge in [0.1, 0.15) is 5.65 Å². The van der Waals surface area contributed by atoms with Gasteiger partial charge in [-0.1, -0.05) is 0 Å². The lowest BCUT2D eigenvalue weighted by atomic mass is 10.1. The van der Waals surface area contributed by atoms with Crippen LogP contribution in [0.25, 0.3) is 16.9 Å². The predicted octanol–water partition coefficient (Wildman–Crippen LogP) is 0.748. The highest BCUT2D eigenvalue weighted by molar-refractivity contribution is 5.86. The van der Waals surface area contributed by atoms with E-state index in [1.54, 1.807) is 19.1 Å². The number of carbonyl (C=O) groups is 1. The van der Waals surface area contributed by atoms with Gasteiger partial charge in [-0.25, -0.2) is 0 Å². The highest BCUT2D eigenvalue weighted by Crippen LogP contribution is 2.22. The second-order valence-corrected chi connectivity index (χ2v) is 4.98. The number of aromatic nitrogens is 5. The Hall–Kier alpha value is -3.03. The minimum absolute atomic E-state index is 0.244. The summed E-state index contributed by atoms with van der Waals surface area (Å²) < 4.78 is 1.46. The zero-order valence-electron chi connectivity index (χ0n) is 12.0. The van der Waals surface area contributed by atoms with Gasteiger partial charge in [0.15, 0.2) is 5.82 Å². The molecule has 0 saturated carbocycles. The predicted molar refractivity (Wildman–Crippen MR) is 78.1 cm³/mol. The van der Waals surface area contributed by atoms with Crippen LogP contribution in [-0.4, -0.2) is 36.0 Å². The van der Waals surface area contributed by atoms with Gasteiger partial charge in [0.2, 0.25) is 5.56 Å². The van der Waals surface area contributed by atoms with Crippen molar-refractivity contribution in [3.63, 3.8) is 0 Å². The van der Waals surface area contributed by atoms with Gasteiger partial charge in [0, 0.05) is 11.5 Å². The Morgan fingerprint density at radius 2 is 2.09 bits per heavy atom. The molecule has 0 saturated heterocycles. The van der Waals surface area contributed by atoms with Gasteiger partial charge in [-0.3, -0.25) is 9.59 Å². The fourth-order valence-corrected chi connectivity index (χ4v) is 2.38. The Morgan fingerprint density at radius 1 is 1.32 bits per heavy atom. The molecule has 2 N–H and O–H groups in total. The molecule has 0 bridgehead atoms. The van der Waals surface area contributed by atoms with E-state index in [0.29, 0.717) is 28.1 Å². The Morgan fingerprint density at radius 3 is 2.73 bits per heavy atom. The summed E-state index contributed by atoms with van der Waals surface area (Å²) in [6, 6.07) is 4.80. The van der Waals surface area contributed by atoms with Crippen molar-refractivity contribution in [2.24, 2.45) is 0 Å². The molecule has 0 fully saturated rings. The van der Waals surface area contributed by atoms with E-state index in [1.165, 1.54) is 10.7 Å². The molecule has 3 heterocycles. The van der Waals surface area contributed by atoms with E-state index < -0.39 is 5.97 Å². The summed E-state index contributed by atoms with van der Waals surface area (Å²) in [5.74, 6) is -0.555. The fourth-order valence-electron chi connectivity index (χ4n) is 2.38. The maximum absolute atomic E-state index is 11.8. The number of pyridine rings is 1. The summed E-state index contributed by atoms with van der Waals surface area (Å²) in [6.07, 6.45) is -0.244. The lowest BCUT2D eigenvalue weighted by Crippen LogP contribution is -2.12. The second-order valence-electron chi connectivity index (χ2n) is 4.98. The molecule has 8 nitrogen and oxygen atoms in total. The molecule has 0 amide bonds. The Kier molecular flexibility index (Phi) is 3.21. The molecule has 0 radical (unpaired) electrons. The summed E-state index contributed by atoms with van der Waals surface area (Å²) in [7, 11) is 0. The number of nitrogens with zero attached hydrogens (tertiary/aromatic N) is 4. The average molecular weight is 299 g/mol. The van der Waals surface area contributed by atoms with E-state index in [1.807, 2.05) is 6.92 Å². The molecular weight excluding hydrogens is 286 g/mol. The molecular formula is C14H13N5O3. The van der Waals surface area contributed by atoms with Crippen LogP contribution in [-0.2, 0) is 11.2 Å². The monoisotopic (exact) mass is 299 g/mol. The third-order valence-corrected chi connectivity index (χ3v) is 3.27. The molecule has 8 heteroatoms. The van der Waals surface area contributed by atoms with E-state index in [2.05, 4.69) is 20.3 Å². The van der Waals surface area contributed by atoms with Crippen LogP contribution in [0.5, 0.6) is 0 Å². The standard InChI is InChI=1S/C14H13N5O3/c1-7-3-4-10(17-16-7)19-14-13(8(2)18-19)9(6-12(21)22)5-11(20)15-14/h3-5H,6H2,1-2H3,(H,15,20)(H,21,22). The van der Waals surface area contributed by atoms with Crippen LogP contribution < -0.4 is 5.56 Å². The molecule has 0 aliphatic rings. The van der Waals surface area contributed by atoms with Crippen molar-refractivity contribution in [3.05, 3.63) is 45.5 Å². The number of aromatic amines is 1. The van der Waals surface area contributed by atoms with Crippen molar-refractivity contribution in [1.29, 1.82) is 0 Å². The Bertz CT molecular complexity index is 924. The van der Waals surface area contributed by atoms with Gasteiger partial charge in [-0.05, 0) is 31.5 Å². The Balaban J connectivity index is 2.29. The van der Waals surface area contributed by atoms with E-state index in [9.17, 15) is 9.59 Å². The number of aryl methyl sites for hydroxylation is 2. The highest BCUT2D eigenvalue weighted by atomic mass is 16.4. The minimum Gasteiger partial charge on any atom is -0.481 e. The molecule has 0 aliphatic heterocycles. The summed E-state index contributed by atoms with van der Waals surface area (Å²) in [4.78, 5) is 25.5. The van der Waals surface area contributed by atoms with E-state index in [-0.39, 0.29) is 12.0 Å². The third kappa shape index (κ3) is 2.34. The van der Waals surface area contributed by atoms with E-state index >= 15 is 0 Å². The van der Waals surface area contributed by atoms with Crippen LogP contribution in [0.3, 0.4) is 0 Å². The molecule has 0 aliphatic carbocycles. The number of rotatable bonds is 3. The summed E-state index contributed by atoms with van der Waals surface area (Å²) in [6.45, 7) is 3.57. The van der Waals surface area contributed by atoms with Crippen molar-refractivity contribution in [3.8, 4) is 5.82 Å². The number of hydrogen-bond acceptors (Lipinski definition) is 5. The van der Waals surface area contributed by atoms with Gasteiger partial charge in [0.25, 0.3) is 0 Å². The second kappa shape index (κ2) is 5.06. The number of carboxylic acids is 1. The number of carboxylic acid groups (broad SMARTS) is 1. The Labute approximate surface area is 124 Å². The van der Waals surface area contributed by atoms with Crippen LogP contribution >= 0.6 is 0 Å². The summed E-state index contributed by atoms with van der Waals surface area (Å²) >= 11 is 0. The smallest absolute Gasteiger partial charge is 0.307 e. The van der Waals surface area contributed by atoms with Crippen molar-refractivity contribution in [2.75, 3.05) is 0 Å². The number of aliphatic carboxylic acids is 1. The summed E-state index contributed by atoms with van der Waals surface area (Å²) in [5, 5.41) is 22.0. The molecule has 22 heavy (non-hydrogen) atoms. The first-order valence-corrected chi connectivity index (χ1v) is 6.60. The quantitative estimate of drug-likeness (QED) is 0.737. The van der Waals surface area contributed by atoms with Crippen LogP contribution in [0.4, 0.5) is 0 Å². The number of nitrogens with one attached hydrogen (secondary N) is 1. The summed E-state index contributed by atoms with van der Waals surface area (Å²) in [5.41, 5.74) is 1.83. The van der Waals surface area contributed by atoms with Crippen LogP contribution in [0.15, 0.2) is 23.0 Å². The zero-order valence-corrected chi connectivity index (χ0v) is 12.0. The van der Waals surface area contributed by atoms with Crippen LogP contribution in [0.1, 0.15) is 17.0 Å². The van der Waals surface area contributed by atoms with Gasteiger partial charge in [-0.2, -0.15) is 14.9 Å².